The van der Waals surface area contributed by atoms with Gasteiger partial charge in [0.25, 0.3) is 5.69 Å². The van der Waals surface area contributed by atoms with Crippen molar-refractivity contribution in [2.24, 2.45) is 5.73 Å². The molecule has 0 atom stereocenters. The molecular weight excluding hydrogens is 180 g/mol. The zero-order valence-electron chi connectivity index (χ0n) is 7.99. The average Bonchev–Trinajstić information content (AvgIpc) is 2.84. The SMILES string of the molecule is Cc1cccc(C2(N)CC2)c1[N+](=O)[O-]. The lowest BCUT2D eigenvalue weighted by Gasteiger charge is -2.10. The third-order valence-electron chi connectivity index (χ3n) is 2.75. The third kappa shape index (κ3) is 1.28. The number of hydrogen-bond acceptors (Lipinski definition) is 3. The van der Waals surface area contributed by atoms with Crippen LogP contribution < -0.4 is 5.73 Å². The van der Waals surface area contributed by atoms with Gasteiger partial charge in [0, 0.05) is 16.7 Å². The Hall–Kier alpha value is -1.42. The zero-order chi connectivity index (χ0) is 10.3. The van der Waals surface area contributed by atoms with Gasteiger partial charge in [-0.1, -0.05) is 18.2 Å². The molecule has 4 heteroatoms. The topological polar surface area (TPSA) is 69.2 Å². The van der Waals surface area contributed by atoms with Gasteiger partial charge in [-0.3, -0.25) is 10.1 Å². The monoisotopic (exact) mass is 192 g/mol. The number of benzene rings is 1. The maximum absolute atomic E-state index is 10.9. The largest absolute Gasteiger partial charge is 0.321 e. The van der Waals surface area contributed by atoms with Crippen molar-refractivity contribution in [3.63, 3.8) is 0 Å². The molecule has 4 nitrogen and oxygen atoms in total. The van der Waals surface area contributed by atoms with Crippen LogP contribution in [-0.2, 0) is 5.54 Å². The summed E-state index contributed by atoms with van der Waals surface area (Å²) in [4.78, 5) is 10.5. The molecule has 0 bridgehead atoms. The van der Waals surface area contributed by atoms with E-state index < -0.39 is 5.54 Å². The van der Waals surface area contributed by atoms with Crippen LogP contribution in [0, 0.1) is 17.0 Å². The molecule has 1 aromatic rings. The lowest BCUT2D eigenvalue weighted by atomic mass is 10.0. The van der Waals surface area contributed by atoms with E-state index in [2.05, 4.69) is 0 Å². The highest BCUT2D eigenvalue weighted by Crippen LogP contribution is 2.46. The second kappa shape index (κ2) is 2.78. The average molecular weight is 192 g/mol. The summed E-state index contributed by atoms with van der Waals surface area (Å²) < 4.78 is 0. The van der Waals surface area contributed by atoms with Crippen LogP contribution in [0.3, 0.4) is 0 Å². The molecule has 1 fully saturated rings. The molecule has 1 saturated carbocycles. The minimum atomic E-state index is -0.436. The number of nitrogens with zero attached hydrogens (tertiary/aromatic N) is 1. The molecule has 2 N–H and O–H groups in total. The van der Waals surface area contributed by atoms with Gasteiger partial charge in [-0.15, -0.1) is 0 Å². The predicted octanol–water partition coefficient (Wildman–Crippen LogP) is 1.85. The molecule has 74 valence electrons. The van der Waals surface area contributed by atoms with E-state index in [0.29, 0.717) is 11.1 Å². The van der Waals surface area contributed by atoms with Gasteiger partial charge in [0.05, 0.1) is 4.92 Å². The number of nitro groups is 1. The molecule has 0 unspecified atom stereocenters. The summed E-state index contributed by atoms with van der Waals surface area (Å²) in [5.74, 6) is 0. The molecule has 2 rings (SSSR count). The van der Waals surface area contributed by atoms with Crippen molar-refractivity contribution in [2.45, 2.75) is 25.3 Å². The van der Waals surface area contributed by atoms with Gasteiger partial charge in [0.15, 0.2) is 0 Å². The van der Waals surface area contributed by atoms with Gasteiger partial charge in [-0.25, -0.2) is 0 Å². The fraction of sp³-hybridized carbons (Fsp3) is 0.400. The van der Waals surface area contributed by atoms with E-state index in [9.17, 15) is 10.1 Å². The van der Waals surface area contributed by atoms with Crippen LogP contribution in [-0.4, -0.2) is 4.92 Å². The van der Waals surface area contributed by atoms with Gasteiger partial charge < -0.3 is 5.73 Å². The Morgan fingerprint density at radius 1 is 1.50 bits per heavy atom. The Morgan fingerprint density at radius 3 is 2.64 bits per heavy atom. The second-order valence-electron chi connectivity index (χ2n) is 3.88. The summed E-state index contributed by atoms with van der Waals surface area (Å²) in [5, 5.41) is 10.9. The molecule has 0 aliphatic heterocycles. The molecule has 1 aliphatic carbocycles. The van der Waals surface area contributed by atoms with Gasteiger partial charge in [-0.05, 0) is 19.8 Å². The Bertz CT molecular complexity index is 397. The molecule has 0 heterocycles. The van der Waals surface area contributed by atoms with Crippen LogP contribution >= 0.6 is 0 Å². The maximum atomic E-state index is 10.9. The zero-order valence-corrected chi connectivity index (χ0v) is 7.99. The van der Waals surface area contributed by atoms with E-state index in [1.165, 1.54) is 0 Å². The highest BCUT2D eigenvalue weighted by atomic mass is 16.6. The van der Waals surface area contributed by atoms with Crippen LogP contribution in [0.15, 0.2) is 18.2 Å². The first-order valence-electron chi connectivity index (χ1n) is 4.58. The maximum Gasteiger partial charge on any atom is 0.277 e. The summed E-state index contributed by atoms with van der Waals surface area (Å²) in [6.07, 6.45) is 1.69. The Labute approximate surface area is 81.9 Å². The van der Waals surface area contributed by atoms with Crippen molar-refractivity contribution in [1.29, 1.82) is 0 Å². The molecule has 0 aromatic heterocycles. The van der Waals surface area contributed by atoms with Crippen molar-refractivity contribution < 1.29 is 4.92 Å². The quantitative estimate of drug-likeness (QED) is 0.574. The van der Waals surface area contributed by atoms with Crippen LogP contribution in [0.25, 0.3) is 0 Å². The fourth-order valence-electron chi connectivity index (χ4n) is 1.71. The molecule has 1 aromatic carbocycles. The van der Waals surface area contributed by atoms with Crippen LogP contribution in [0.1, 0.15) is 24.0 Å². The molecule has 0 amide bonds. The minimum absolute atomic E-state index is 0.188. The Kier molecular flexibility index (Phi) is 1.82. The van der Waals surface area contributed by atoms with Gasteiger partial charge in [0.2, 0.25) is 0 Å². The minimum Gasteiger partial charge on any atom is -0.321 e. The van der Waals surface area contributed by atoms with E-state index in [1.54, 1.807) is 19.1 Å². The summed E-state index contributed by atoms with van der Waals surface area (Å²) >= 11 is 0. The molecular formula is C10H12N2O2. The first-order chi connectivity index (χ1) is 6.54. The van der Waals surface area contributed by atoms with Crippen LogP contribution in [0.4, 0.5) is 5.69 Å². The normalized spacial score (nSPS) is 17.9. The summed E-state index contributed by atoms with van der Waals surface area (Å²) in [5.41, 5.74) is 7.09. The number of rotatable bonds is 2. The summed E-state index contributed by atoms with van der Waals surface area (Å²) in [6, 6.07) is 5.33. The van der Waals surface area contributed by atoms with Crippen molar-refractivity contribution >= 4 is 5.69 Å². The first-order valence-corrected chi connectivity index (χ1v) is 4.58. The van der Waals surface area contributed by atoms with Crippen molar-refractivity contribution in [2.75, 3.05) is 0 Å². The Balaban J connectivity index is 2.59. The first kappa shape index (κ1) is 9.15. The van der Waals surface area contributed by atoms with E-state index in [4.69, 9.17) is 5.73 Å². The molecule has 14 heavy (non-hydrogen) atoms. The number of nitrogens with two attached hydrogens (primary N) is 1. The fourth-order valence-corrected chi connectivity index (χ4v) is 1.71. The smallest absolute Gasteiger partial charge is 0.277 e. The van der Waals surface area contributed by atoms with Gasteiger partial charge >= 0.3 is 0 Å². The third-order valence-corrected chi connectivity index (χ3v) is 2.75. The molecule has 0 spiro atoms. The van der Waals surface area contributed by atoms with E-state index >= 15 is 0 Å². The van der Waals surface area contributed by atoms with E-state index in [-0.39, 0.29) is 10.6 Å². The standard InChI is InChI=1S/C10H12N2O2/c1-7-3-2-4-8(9(7)12(13)14)10(11)5-6-10/h2-4H,5-6,11H2,1H3. The number of hydrogen-bond donors (Lipinski definition) is 1. The molecule has 1 aliphatic rings. The highest BCUT2D eigenvalue weighted by molar-refractivity contribution is 5.52. The van der Waals surface area contributed by atoms with Crippen LogP contribution in [0.5, 0.6) is 0 Å². The Morgan fingerprint density at radius 2 is 2.14 bits per heavy atom. The van der Waals surface area contributed by atoms with Crippen LogP contribution in [0.2, 0.25) is 0 Å². The molecule has 0 saturated heterocycles. The lowest BCUT2D eigenvalue weighted by molar-refractivity contribution is -0.386. The number of nitro benzene ring substituents is 1. The summed E-state index contributed by atoms with van der Waals surface area (Å²) in [7, 11) is 0. The second-order valence-corrected chi connectivity index (χ2v) is 3.88. The van der Waals surface area contributed by atoms with Crippen molar-refractivity contribution in [3.05, 3.63) is 39.4 Å². The number of para-hydroxylation sites is 1. The van der Waals surface area contributed by atoms with Crippen molar-refractivity contribution in [1.82, 2.24) is 0 Å². The molecule has 0 radical (unpaired) electrons. The lowest BCUT2D eigenvalue weighted by Crippen LogP contribution is -2.20. The van der Waals surface area contributed by atoms with Crippen molar-refractivity contribution in [3.8, 4) is 0 Å². The highest BCUT2D eigenvalue weighted by Gasteiger charge is 2.44. The van der Waals surface area contributed by atoms with E-state index in [1.807, 2.05) is 6.07 Å². The van der Waals surface area contributed by atoms with Gasteiger partial charge in [0.1, 0.15) is 0 Å². The number of aryl methyl sites for hydroxylation is 1. The van der Waals surface area contributed by atoms with Gasteiger partial charge in [-0.2, -0.15) is 0 Å². The van der Waals surface area contributed by atoms with E-state index in [0.717, 1.165) is 12.8 Å². The predicted molar refractivity (Wildman–Crippen MR) is 52.9 cm³/mol. The summed E-state index contributed by atoms with van der Waals surface area (Å²) in [6.45, 7) is 1.74.